The van der Waals surface area contributed by atoms with Gasteiger partial charge in [-0.1, -0.05) is 26.3 Å². The van der Waals surface area contributed by atoms with E-state index in [0.29, 0.717) is 17.6 Å². The second-order valence-electron chi connectivity index (χ2n) is 7.72. The van der Waals surface area contributed by atoms with Crippen molar-refractivity contribution in [3.8, 4) is 0 Å². The fraction of sp³-hybridized carbons (Fsp3) is 0.824. The van der Waals surface area contributed by atoms with Crippen molar-refractivity contribution in [3.63, 3.8) is 0 Å². The van der Waals surface area contributed by atoms with Gasteiger partial charge in [0.1, 0.15) is 0 Å². The van der Waals surface area contributed by atoms with Gasteiger partial charge in [0.05, 0.1) is 6.10 Å². The van der Waals surface area contributed by atoms with Gasteiger partial charge in [0.2, 0.25) is 0 Å². The van der Waals surface area contributed by atoms with Crippen LogP contribution in [0.2, 0.25) is 0 Å². The minimum atomic E-state index is -0.193. The van der Waals surface area contributed by atoms with Crippen LogP contribution in [-0.2, 0) is 4.79 Å². The molecule has 0 heterocycles. The van der Waals surface area contributed by atoms with Crippen molar-refractivity contribution in [2.24, 2.45) is 22.7 Å². The SMILES string of the molecule is CC1(C)[C@@H](O)CC[C@]2(C)C3=CC(=O)CC[C@@H]3CC[C@@H]12. The molecule has 0 radical (unpaired) electrons. The molecule has 0 unspecified atom stereocenters. The summed E-state index contributed by atoms with van der Waals surface area (Å²) in [5.41, 5.74) is 1.53. The van der Waals surface area contributed by atoms with Gasteiger partial charge in [-0.3, -0.25) is 4.79 Å². The molecule has 0 aromatic heterocycles. The predicted octanol–water partition coefficient (Wildman–Crippen LogP) is 3.49. The molecule has 3 aliphatic rings. The van der Waals surface area contributed by atoms with Crippen molar-refractivity contribution in [1.29, 1.82) is 0 Å². The molecule has 2 saturated carbocycles. The lowest BCUT2D eigenvalue weighted by Crippen LogP contribution is -2.53. The third-order valence-corrected chi connectivity index (χ3v) is 6.42. The number of allylic oxidation sites excluding steroid dienone is 2. The van der Waals surface area contributed by atoms with Gasteiger partial charge < -0.3 is 5.11 Å². The number of rotatable bonds is 0. The number of aliphatic hydroxyl groups is 1. The fourth-order valence-electron chi connectivity index (χ4n) is 5.21. The molecule has 3 aliphatic carbocycles. The molecule has 2 heteroatoms. The highest BCUT2D eigenvalue weighted by Gasteiger charge is 2.55. The third-order valence-electron chi connectivity index (χ3n) is 6.42. The highest BCUT2D eigenvalue weighted by molar-refractivity contribution is 5.91. The molecule has 0 spiro atoms. The van der Waals surface area contributed by atoms with E-state index >= 15 is 0 Å². The smallest absolute Gasteiger partial charge is 0.155 e. The van der Waals surface area contributed by atoms with Gasteiger partial charge in [-0.2, -0.15) is 0 Å². The molecule has 106 valence electrons. The van der Waals surface area contributed by atoms with Crippen molar-refractivity contribution in [2.45, 2.75) is 65.4 Å². The van der Waals surface area contributed by atoms with Crippen LogP contribution in [0.5, 0.6) is 0 Å². The van der Waals surface area contributed by atoms with Crippen molar-refractivity contribution >= 4 is 5.78 Å². The monoisotopic (exact) mass is 262 g/mol. The Bertz CT molecular complexity index is 435. The van der Waals surface area contributed by atoms with E-state index in [1.165, 1.54) is 18.4 Å². The van der Waals surface area contributed by atoms with Crippen molar-refractivity contribution in [3.05, 3.63) is 11.6 Å². The summed E-state index contributed by atoms with van der Waals surface area (Å²) in [6, 6.07) is 0. The molecule has 0 aliphatic heterocycles. The molecule has 0 saturated heterocycles. The number of ketones is 1. The van der Waals surface area contributed by atoms with E-state index in [9.17, 15) is 9.90 Å². The van der Waals surface area contributed by atoms with Crippen LogP contribution in [0.3, 0.4) is 0 Å². The molecule has 19 heavy (non-hydrogen) atoms. The van der Waals surface area contributed by atoms with Crippen molar-refractivity contribution in [1.82, 2.24) is 0 Å². The van der Waals surface area contributed by atoms with Gasteiger partial charge >= 0.3 is 0 Å². The van der Waals surface area contributed by atoms with Crippen LogP contribution in [0.1, 0.15) is 59.3 Å². The van der Waals surface area contributed by atoms with Gasteiger partial charge in [0.15, 0.2) is 5.78 Å². The zero-order valence-corrected chi connectivity index (χ0v) is 12.4. The number of hydrogen-bond acceptors (Lipinski definition) is 2. The minimum Gasteiger partial charge on any atom is -0.393 e. The maximum atomic E-state index is 11.8. The van der Waals surface area contributed by atoms with Gasteiger partial charge in [-0.25, -0.2) is 0 Å². The van der Waals surface area contributed by atoms with E-state index in [0.717, 1.165) is 25.7 Å². The molecular weight excluding hydrogens is 236 g/mol. The number of carbonyl (C=O) groups is 1. The predicted molar refractivity (Wildman–Crippen MR) is 75.7 cm³/mol. The number of aliphatic hydroxyl groups excluding tert-OH is 1. The molecule has 3 rings (SSSR count). The van der Waals surface area contributed by atoms with Crippen molar-refractivity contribution in [2.75, 3.05) is 0 Å². The molecule has 0 bridgehead atoms. The van der Waals surface area contributed by atoms with Gasteiger partial charge in [0.25, 0.3) is 0 Å². The first-order chi connectivity index (χ1) is 8.85. The molecule has 0 amide bonds. The van der Waals surface area contributed by atoms with Crippen LogP contribution in [0.15, 0.2) is 11.6 Å². The van der Waals surface area contributed by atoms with E-state index in [1.807, 2.05) is 6.08 Å². The minimum absolute atomic E-state index is 0.0285. The van der Waals surface area contributed by atoms with E-state index in [2.05, 4.69) is 20.8 Å². The summed E-state index contributed by atoms with van der Waals surface area (Å²) in [4.78, 5) is 11.8. The van der Waals surface area contributed by atoms with Gasteiger partial charge in [-0.05, 0) is 60.8 Å². The van der Waals surface area contributed by atoms with E-state index < -0.39 is 0 Å². The van der Waals surface area contributed by atoms with Crippen LogP contribution in [0.25, 0.3) is 0 Å². The van der Waals surface area contributed by atoms with E-state index in [-0.39, 0.29) is 16.9 Å². The normalized spacial score (nSPS) is 45.2. The standard InChI is InChI=1S/C17H26O2/c1-16(2)14-7-5-11-4-6-12(18)10-13(11)17(14,3)9-8-15(16)19/h10-11,14-15,19H,4-9H2,1-3H3/t11-,14+,15+,17-/m1/s1. The molecule has 0 aromatic carbocycles. The van der Waals surface area contributed by atoms with Gasteiger partial charge in [-0.15, -0.1) is 0 Å². The Labute approximate surface area is 116 Å². The third kappa shape index (κ3) is 1.83. The summed E-state index contributed by atoms with van der Waals surface area (Å²) in [7, 11) is 0. The molecule has 4 atom stereocenters. The zero-order valence-electron chi connectivity index (χ0n) is 12.4. The fourth-order valence-corrected chi connectivity index (χ4v) is 5.21. The molecule has 2 nitrogen and oxygen atoms in total. The first kappa shape index (κ1) is 13.4. The molecule has 2 fully saturated rings. The number of hydrogen-bond donors (Lipinski definition) is 1. The van der Waals surface area contributed by atoms with Crippen LogP contribution < -0.4 is 0 Å². The second kappa shape index (κ2) is 4.18. The second-order valence-corrected chi connectivity index (χ2v) is 7.72. The Kier molecular flexibility index (Phi) is 2.94. The highest BCUT2D eigenvalue weighted by Crippen LogP contribution is 2.62. The quantitative estimate of drug-likeness (QED) is 0.725. The summed E-state index contributed by atoms with van der Waals surface area (Å²) < 4.78 is 0. The molecule has 1 N–H and O–H groups in total. The summed E-state index contributed by atoms with van der Waals surface area (Å²) >= 11 is 0. The first-order valence-electron chi connectivity index (χ1n) is 7.78. The van der Waals surface area contributed by atoms with E-state index in [4.69, 9.17) is 0 Å². The lowest BCUT2D eigenvalue weighted by molar-refractivity contribution is -0.118. The van der Waals surface area contributed by atoms with Gasteiger partial charge in [0, 0.05) is 6.42 Å². The molecular formula is C17H26O2. The van der Waals surface area contributed by atoms with E-state index in [1.54, 1.807) is 0 Å². The Morgan fingerprint density at radius 2 is 1.89 bits per heavy atom. The van der Waals surface area contributed by atoms with Crippen LogP contribution >= 0.6 is 0 Å². The lowest BCUT2D eigenvalue weighted by atomic mass is 9.47. The summed E-state index contributed by atoms with van der Waals surface area (Å²) in [5.74, 6) is 1.46. The average molecular weight is 262 g/mol. The Hall–Kier alpha value is -0.630. The van der Waals surface area contributed by atoms with Crippen molar-refractivity contribution < 1.29 is 9.90 Å². The average Bonchev–Trinajstić information content (AvgIpc) is 2.35. The number of carbonyl (C=O) groups excluding carboxylic acids is 1. The number of fused-ring (bicyclic) bond motifs is 3. The molecule has 0 aromatic rings. The summed E-state index contributed by atoms with van der Waals surface area (Å²) in [6.45, 7) is 6.78. The Balaban J connectivity index is 2.03. The first-order valence-corrected chi connectivity index (χ1v) is 7.78. The topological polar surface area (TPSA) is 37.3 Å². The lowest BCUT2D eigenvalue weighted by Gasteiger charge is -2.58. The Morgan fingerprint density at radius 3 is 2.63 bits per heavy atom. The maximum Gasteiger partial charge on any atom is 0.155 e. The summed E-state index contributed by atoms with van der Waals surface area (Å²) in [5, 5.41) is 10.4. The maximum absolute atomic E-state index is 11.8. The van der Waals surface area contributed by atoms with Crippen LogP contribution in [-0.4, -0.2) is 17.0 Å². The summed E-state index contributed by atoms with van der Waals surface area (Å²) in [6.07, 6.45) is 7.88. The van der Waals surface area contributed by atoms with Crippen LogP contribution in [0.4, 0.5) is 0 Å². The van der Waals surface area contributed by atoms with Crippen LogP contribution in [0, 0.1) is 22.7 Å². The highest BCUT2D eigenvalue weighted by atomic mass is 16.3. The Morgan fingerprint density at radius 1 is 1.16 bits per heavy atom. The largest absolute Gasteiger partial charge is 0.393 e. The zero-order chi connectivity index (χ0) is 13.8.